The molecule has 2 aromatic rings. The number of hydrogen-bond donors (Lipinski definition) is 2. The van der Waals surface area contributed by atoms with Gasteiger partial charge in [-0.05, 0) is 31.5 Å². The van der Waals surface area contributed by atoms with Crippen molar-refractivity contribution in [2.75, 3.05) is 13.7 Å². The fourth-order valence-electron chi connectivity index (χ4n) is 2.15. The maximum Gasteiger partial charge on any atom is 0.339 e. The van der Waals surface area contributed by atoms with Crippen LogP contribution in [-0.4, -0.2) is 29.8 Å². The molecule has 2 N–H and O–H groups in total. The quantitative estimate of drug-likeness (QED) is 0.828. The van der Waals surface area contributed by atoms with Crippen LogP contribution in [0.2, 0.25) is 0 Å². The van der Waals surface area contributed by atoms with Crippen LogP contribution >= 0.6 is 0 Å². The number of aromatic amines is 1. The summed E-state index contributed by atoms with van der Waals surface area (Å²) in [6.07, 6.45) is 0.516. The van der Waals surface area contributed by atoms with Crippen LogP contribution in [0.5, 0.6) is 5.75 Å². The number of methoxy groups -OCH3 is 1. The summed E-state index contributed by atoms with van der Waals surface area (Å²) in [7, 11) is 1.52. The summed E-state index contributed by atoms with van der Waals surface area (Å²) in [6, 6.07) is 3.47. The van der Waals surface area contributed by atoms with Crippen LogP contribution in [-0.2, 0) is 9.53 Å². The second-order valence-corrected chi connectivity index (χ2v) is 4.24. The summed E-state index contributed by atoms with van der Waals surface area (Å²) in [4.78, 5) is 14.7. The summed E-state index contributed by atoms with van der Waals surface area (Å²) in [5.41, 5.74) is 2.30. The SMILES string of the molecule is CCOC(=O)C(O)c1ccc2[nH]cc(C)c2c1OC. The Bertz CT molecular complexity index is 603. The number of benzene rings is 1. The fourth-order valence-corrected chi connectivity index (χ4v) is 2.15. The molecule has 0 spiro atoms. The van der Waals surface area contributed by atoms with Gasteiger partial charge in [0, 0.05) is 22.7 Å². The number of aromatic nitrogens is 1. The average molecular weight is 263 g/mol. The van der Waals surface area contributed by atoms with Gasteiger partial charge < -0.3 is 19.6 Å². The zero-order chi connectivity index (χ0) is 14.0. The number of rotatable bonds is 4. The second kappa shape index (κ2) is 5.32. The third kappa shape index (κ3) is 2.29. The summed E-state index contributed by atoms with van der Waals surface area (Å²) in [5, 5.41) is 10.9. The molecule has 1 aromatic heterocycles. The Morgan fingerprint density at radius 1 is 1.47 bits per heavy atom. The molecule has 102 valence electrons. The topological polar surface area (TPSA) is 71.5 Å². The fraction of sp³-hybridized carbons (Fsp3) is 0.357. The normalized spacial score (nSPS) is 12.4. The highest BCUT2D eigenvalue weighted by molar-refractivity contribution is 5.92. The molecule has 0 radical (unpaired) electrons. The van der Waals surface area contributed by atoms with Gasteiger partial charge in [0.1, 0.15) is 5.75 Å². The van der Waals surface area contributed by atoms with Crippen LogP contribution in [0.25, 0.3) is 10.9 Å². The smallest absolute Gasteiger partial charge is 0.339 e. The predicted molar refractivity (Wildman–Crippen MR) is 71.2 cm³/mol. The number of hydrogen-bond acceptors (Lipinski definition) is 4. The lowest BCUT2D eigenvalue weighted by Crippen LogP contribution is -2.16. The lowest BCUT2D eigenvalue weighted by atomic mass is 10.0. The second-order valence-electron chi connectivity index (χ2n) is 4.24. The third-order valence-corrected chi connectivity index (χ3v) is 3.04. The molecule has 1 unspecified atom stereocenters. The van der Waals surface area contributed by atoms with E-state index < -0.39 is 12.1 Å². The number of fused-ring (bicyclic) bond motifs is 1. The van der Waals surface area contributed by atoms with E-state index in [1.54, 1.807) is 13.0 Å². The molecular weight excluding hydrogens is 246 g/mol. The Balaban J connectivity index is 2.54. The summed E-state index contributed by atoms with van der Waals surface area (Å²) in [6.45, 7) is 3.85. The monoisotopic (exact) mass is 263 g/mol. The highest BCUT2D eigenvalue weighted by Crippen LogP contribution is 2.35. The number of esters is 1. The molecule has 0 aliphatic rings. The van der Waals surface area contributed by atoms with E-state index in [4.69, 9.17) is 9.47 Å². The van der Waals surface area contributed by atoms with Gasteiger partial charge in [-0.1, -0.05) is 0 Å². The Morgan fingerprint density at radius 2 is 2.21 bits per heavy atom. The molecule has 0 aliphatic carbocycles. The number of carbonyl (C=O) groups is 1. The summed E-state index contributed by atoms with van der Waals surface area (Å²) >= 11 is 0. The van der Waals surface area contributed by atoms with Gasteiger partial charge in [0.2, 0.25) is 0 Å². The molecule has 1 aromatic carbocycles. The van der Waals surface area contributed by atoms with Crippen LogP contribution in [0.4, 0.5) is 0 Å². The highest BCUT2D eigenvalue weighted by Gasteiger charge is 2.24. The number of nitrogens with one attached hydrogen (secondary N) is 1. The molecule has 0 saturated carbocycles. The zero-order valence-corrected chi connectivity index (χ0v) is 11.2. The standard InChI is InChI=1S/C14H17NO4/c1-4-19-14(17)12(16)9-5-6-10-11(13(9)18-3)8(2)7-15-10/h5-7,12,15-16H,4H2,1-3H3. The van der Waals surface area contributed by atoms with Gasteiger partial charge in [-0.3, -0.25) is 0 Å². The number of aliphatic hydroxyl groups excluding tert-OH is 1. The first-order valence-electron chi connectivity index (χ1n) is 6.09. The zero-order valence-electron chi connectivity index (χ0n) is 11.2. The minimum atomic E-state index is -1.34. The minimum Gasteiger partial charge on any atom is -0.496 e. The summed E-state index contributed by atoms with van der Waals surface area (Å²) in [5.74, 6) is -0.176. The molecule has 5 nitrogen and oxygen atoms in total. The van der Waals surface area contributed by atoms with E-state index in [9.17, 15) is 9.90 Å². The molecule has 0 amide bonds. The van der Waals surface area contributed by atoms with Crippen molar-refractivity contribution >= 4 is 16.9 Å². The molecule has 1 heterocycles. The van der Waals surface area contributed by atoms with Crippen molar-refractivity contribution in [1.29, 1.82) is 0 Å². The Hall–Kier alpha value is -2.01. The number of ether oxygens (including phenoxy) is 2. The Kier molecular flexibility index (Phi) is 3.76. The molecule has 0 aliphatic heterocycles. The molecule has 19 heavy (non-hydrogen) atoms. The van der Waals surface area contributed by atoms with Crippen LogP contribution in [0, 0.1) is 6.92 Å². The van der Waals surface area contributed by atoms with Crippen molar-refractivity contribution < 1.29 is 19.4 Å². The van der Waals surface area contributed by atoms with Gasteiger partial charge >= 0.3 is 5.97 Å². The van der Waals surface area contributed by atoms with Crippen LogP contribution < -0.4 is 4.74 Å². The van der Waals surface area contributed by atoms with E-state index in [1.165, 1.54) is 7.11 Å². The number of aryl methyl sites for hydroxylation is 1. The van der Waals surface area contributed by atoms with Gasteiger partial charge in [0.15, 0.2) is 6.10 Å². The number of aliphatic hydroxyl groups is 1. The molecule has 0 fully saturated rings. The van der Waals surface area contributed by atoms with Crippen molar-refractivity contribution in [3.8, 4) is 5.75 Å². The first-order chi connectivity index (χ1) is 9.10. The van der Waals surface area contributed by atoms with Gasteiger partial charge in [-0.25, -0.2) is 4.79 Å². The molecule has 5 heteroatoms. The molecular formula is C14H17NO4. The summed E-state index contributed by atoms with van der Waals surface area (Å²) < 4.78 is 10.2. The van der Waals surface area contributed by atoms with E-state index in [-0.39, 0.29) is 6.61 Å². The highest BCUT2D eigenvalue weighted by atomic mass is 16.5. The van der Waals surface area contributed by atoms with E-state index in [0.29, 0.717) is 11.3 Å². The van der Waals surface area contributed by atoms with E-state index in [0.717, 1.165) is 16.5 Å². The largest absolute Gasteiger partial charge is 0.496 e. The Labute approximate surface area is 111 Å². The van der Waals surface area contributed by atoms with Gasteiger partial charge in [-0.15, -0.1) is 0 Å². The number of H-pyrrole nitrogens is 1. The van der Waals surface area contributed by atoms with Crippen molar-refractivity contribution in [1.82, 2.24) is 4.98 Å². The maximum atomic E-state index is 11.6. The van der Waals surface area contributed by atoms with E-state index >= 15 is 0 Å². The lowest BCUT2D eigenvalue weighted by Gasteiger charge is -2.15. The van der Waals surface area contributed by atoms with Crippen molar-refractivity contribution in [2.24, 2.45) is 0 Å². The van der Waals surface area contributed by atoms with Crippen molar-refractivity contribution in [3.05, 3.63) is 29.5 Å². The van der Waals surface area contributed by atoms with Gasteiger partial charge in [0.05, 0.1) is 13.7 Å². The predicted octanol–water partition coefficient (Wildman–Crippen LogP) is 2.08. The van der Waals surface area contributed by atoms with E-state index in [2.05, 4.69) is 4.98 Å². The van der Waals surface area contributed by atoms with Crippen molar-refractivity contribution in [2.45, 2.75) is 20.0 Å². The lowest BCUT2D eigenvalue weighted by molar-refractivity contribution is -0.153. The van der Waals surface area contributed by atoms with Gasteiger partial charge in [-0.2, -0.15) is 0 Å². The van der Waals surface area contributed by atoms with Crippen LogP contribution in [0.1, 0.15) is 24.2 Å². The average Bonchev–Trinajstić information content (AvgIpc) is 2.79. The first kappa shape index (κ1) is 13.4. The van der Waals surface area contributed by atoms with E-state index in [1.807, 2.05) is 19.2 Å². The van der Waals surface area contributed by atoms with Crippen LogP contribution in [0.15, 0.2) is 18.3 Å². The first-order valence-corrected chi connectivity index (χ1v) is 6.09. The van der Waals surface area contributed by atoms with Crippen molar-refractivity contribution in [3.63, 3.8) is 0 Å². The third-order valence-electron chi connectivity index (χ3n) is 3.04. The van der Waals surface area contributed by atoms with Gasteiger partial charge in [0.25, 0.3) is 0 Å². The molecule has 2 rings (SSSR count). The molecule has 0 bridgehead atoms. The molecule has 0 saturated heterocycles. The number of carbonyl (C=O) groups excluding carboxylic acids is 1. The minimum absolute atomic E-state index is 0.226. The maximum absolute atomic E-state index is 11.6. The molecule has 1 atom stereocenters. The Morgan fingerprint density at radius 3 is 2.84 bits per heavy atom. The van der Waals surface area contributed by atoms with Crippen LogP contribution in [0.3, 0.4) is 0 Å².